The van der Waals surface area contributed by atoms with Crippen molar-refractivity contribution >= 4 is 55.8 Å². The van der Waals surface area contributed by atoms with Gasteiger partial charge in [0.05, 0.1) is 10.2 Å². The van der Waals surface area contributed by atoms with Crippen LogP contribution in [-0.2, 0) is 6.61 Å². The molecule has 2 aromatic rings. The third-order valence-electron chi connectivity index (χ3n) is 2.33. The number of rotatable bonds is 3. The van der Waals surface area contributed by atoms with E-state index >= 15 is 0 Å². The molecule has 0 saturated carbocycles. The second-order valence-electron chi connectivity index (χ2n) is 3.72. The van der Waals surface area contributed by atoms with Crippen LogP contribution in [0.2, 0.25) is 5.02 Å². The summed E-state index contributed by atoms with van der Waals surface area (Å²) in [6, 6.07) is 11.6. The molecule has 0 aliphatic heterocycles. The van der Waals surface area contributed by atoms with E-state index in [4.69, 9.17) is 22.1 Å². The summed E-state index contributed by atoms with van der Waals surface area (Å²) >= 11 is 11.6. The van der Waals surface area contributed by atoms with Crippen molar-refractivity contribution in [3.8, 4) is 5.75 Å². The molecule has 94 valence electrons. The number of hydrogen-bond donors (Lipinski definition) is 1. The Labute approximate surface area is 133 Å². The fourth-order valence-corrected chi connectivity index (χ4v) is 2.78. The Kier molecular flexibility index (Phi) is 4.75. The highest BCUT2D eigenvalue weighted by Crippen LogP contribution is 2.35. The number of hydrogen-bond acceptors (Lipinski definition) is 2. The van der Waals surface area contributed by atoms with Gasteiger partial charge in [-0.1, -0.05) is 23.7 Å². The van der Waals surface area contributed by atoms with Crippen LogP contribution in [0, 0.1) is 3.57 Å². The van der Waals surface area contributed by atoms with Crippen LogP contribution in [0.15, 0.2) is 40.9 Å². The third-order valence-corrected chi connectivity index (χ3v) is 3.86. The quantitative estimate of drug-likeness (QED) is 0.548. The molecular formula is C13H10BrClINO. The predicted molar refractivity (Wildman–Crippen MR) is 87.1 cm³/mol. The standard InChI is InChI=1S/C13H10BrClINO/c14-11-5-9(15)6-12(17)13(11)18-7-8-1-3-10(16)4-2-8/h1-6H,7,17H2. The Hall–Kier alpha value is -0.460. The van der Waals surface area contributed by atoms with Gasteiger partial charge in [0.1, 0.15) is 6.61 Å². The highest BCUT2D eigenvalue weighted by Gasteiger charge is 2.08. The predicted octanol–water partition coefficient (Wildman–Crippen LogP) is 4.87. The minimum absolute atomic E-state index is 0.474. The minimum Gasteiger partial charge on any atom is -0.486 e. The van der Waals surface area contributed by atoms with Gasteiger partial charge in [-0.2, -0.15) is 0 Å². The molecule has 0 atom stereocenters. The molecule has 0 saturated heterocycles. The molecule has 2 rings (SSSR count). The van der Waals surface area contributed by atoms with Gasteiger partial charge in [-0.3, -0.25) is 0 Å². The van der Waals surface area contributed by atoms with Gasteiger partial charge in [-0.25, -0.2) is 0 Å². The lowest BCUT2D eigenvalue weighted by molar-refractivity contribution is 0.306. The van der Waals surface area contributed by atoms with Crippen molar-refractivity contribution in [2.45, 2.75) is 6.61 Å². The van der Waals surface area contributed by atoms with E-state index in [2.05, 4.69) is 38.5 Å². The maximum absolute atomic E-state index is 5.89. The number of anilines is 1. The fourth-order valence-electron chi connectivity index (χ4n) is 1.47. The second kappa shape index (κ2) is 6.12. The summed E-state index contributed by atoms with van der Waals surface area (Å²) in [5, 5.41) is 0.584. The SMILES string of the molecule is Nc1cc(Cl)cc(Br)c1OCc1ccc(I)cc1. The minimum atomic E-state index is 0.474. The van der Waals surface area contributed by atoms with Crippen molar-refractivity contribution in [1.29, 1.82) is 0 Å². The van der Waals surface area contributed by atoms with Gasteiger partial charge in [0.2, 0.25) is 0 Å². The Balaban J connectivity index is 2.13. The van der Waals surface area contributed by atoms with E-state index in [1.807, 2.05) is 24.3 Å². The zero-order valence-electron chi connectivity index (χ0n) is 9.29. The molecule has 0 aliphatic carbocycles. The van der Waals surface area contributed by atoms with Crippen molar-refractivity contribution in [3.05, 3.63) is 55.0 Å². The van der Waals surface area contributed by atoms with Crippen LogP contribution in [-0.4, -0.2) is 0 Å². The molecule has 0 unspecified atom stereocenters. The first-order valence-corrected chi connectivity index (χ1v) is 7.43. The van der Waals surface area contributed by atoms with E-state index in [-0.39, 0.29) is 0 Å². The van der Waals surface area contributed by atoms with Gasteiger partial charge >= 0.3 is 0 Å². The summed E-state index contributed by atoms with van der Waals surface area (Å²) in [4.78, 5) is 0. The number of halogens is 3. The molecule has 2 N–H and O–H groups in total. The van der Waals surface area contributed by atoms with Gasteiger partial charge in [0.15, 0.2) is 5.75 Å². The first-order chi connectivity index (χ1) is 8.56. The molecule has 0 amide bonds. The van der Waals surface area contributed by atoms with Crippen LogP contribution in [0.4, 0.5) is 5.69 Å². The van der Waals surface area contributed by atoms with E-state index in [0.29, 0.717) is 23.1 Å². The summed E-state index contributed by atoms with van der Waals surface area (Å²) in [5.41, 5.74) is 7.49. The van der Waals surface area contributed by atoms with Gasteiger partial charge in [-0.05, 0) is 68.3 Å². The molecule has 0 aliphatic rings. The van der Waals surface area contributed by atoms with Crippen LogP contribution in [0.5, 0.6) is 5.75 Å². The highest BCUT2D eigenvalue weighted by molar-refractivity contribution is 14.1. The molecule has 2 aromatic carbocycles. The number of nitrogen functional groups attached to an aromatic ring is 1. The Morgan fingerprint density at radius 1 is 1.22 bits per heavy atom. The smallest absolute Gasteiger partial charge is 0.156 e. The lowest BCUT2D eigenvalue weighted by Gasteiger charge is -2.11. The molecule has 0 radical (unpaired) electrons. The molecule has 0 fully saturated rings. The van der Waals surface area contributed by atoms with Crippen molar-refractivity contribution in [1.82, 2.24) is 0 Å². The zero-order valence-corrected chi connectivity index (χ0v) is 13.8. The fraction of sp³-hybridized carbons (Fsp3) is 0.0769. The van der Waals surface area contributed by atoms with Gasteiger partial charge < -0.3 is 10.5 Å². The zero-order chi connectivity index (χ0) is 13.1. The van der Waals surface area contributed by atoms with Crippen LogP contribution in [0.3, 0.4) is 0 Å². The molecule has 2 nitrogen and oxygen atoms in total. The van der Waals surface area contributed by atoms with Crippen LogP contribution in [0.25, 0.3) is 0 Å². The topological polar surface area (TPSA) is 35.2 Å². The van der Waals surface area contributed by atoms with Gasteiger partial charge in [0, 0.05) is 8.59 Å². The molecule has 0 bridgehead atoms. The summed E-state index contributed by atoms with van der Waals surface area (Å²) < 4.78 is 7.68. The van der Waals surface area contributed by atoms with E-state index in [1.54, 1.807) is 12.1 Å². The Bertz CT molecular complexity index is 536. The van der Waals surface area contributed by atoms with E-state index in [0.717, 1.165) is 10.0 Å². The molecule has 0 spiro atoms. The summed E-state index contributed by atoms with van der Waals surface area (Å²) in [6.45, 7) is 0.474. The van der Waals surface area contributed by atoms with Crippen LogP contribution < -0.4 is 10.5 Å². The lowest BCUT2D eigenvalue weighted by Crippen LogP contribution is -1.99. The first-order valence-electron chi connectivity index (χ1n) is 5.18. The molecule has 18 heavy (non-hydrogen) atoms. The highest BCUT2D eigenvalue weighted by atomic mass is 127. The number of nitrogens with two attached hydrogens (primary N) is 1. The van der Waals surface area contributed by atoms with Crippen LogP contribution >= 0.6 is 50.1 Å². The van der Waals surface area contributed by atoms with Crippen molar-refractivity contribution in [2.75, 3.05) is 5.73 Å². The average molecular weight is 438 g/mol. The molecular weight excluding hydrogens is 428 g/mol. The Morgan fingerprint density at radius 3 is 2.50 bits per heavy atom. The normalized spacial score (nSPS) is 10.4. The monoisotopic (exact) mass is 437 g/mol. The van der Waals surface area contributed by atoms with E-state index < -0.39 is 0 Å². The van der Waals surface area contributed by atoms with E-state index in [9.17, 15) is 0 Å². The maximum Gasteiger partial charge on any atom is 0.156 e. The van der Waals surface area contributed by atoms with Crippen molar-refractivity contribution in [2.24, 2.45) is 0 Å². The van der Waals surface area contributed by atoms with Crippen LogP contribution in [0.1, 0.15) is 5.56 Å². The largest absolute Gasteiger partial charge is 0.486 e. The maximum atomic E-state index is 5.89. The number of benzene rings is 2. The summed E-state index contributed by atoms with van der Waals surface area (Å²) in [6.07, 6.45) is 0. The summed E-state index contributed by atoms with van der Waals surface area (Å²) in [7, 11) is 0. The van der Waals surface area contributed by atoms with E-state index in [1.165, 1.54) is 3.57 Å². The van der Waals surface area contributed by atoms with Gasteiger partial charge in [0.25, 0.3) is 0 Å². The third kappa shape index (κ3) is 3.52. The molecule has 0 aromatic heterocycles. The van der Waals surface area contributed by atoms with Crippen molar-refractivity contribution < 1.29 is 4.74 Å². The lowest BCUT2D eigenvalue weighted by atomic mass is 10.2. The first kappa shape index (κ1) is 14.0. The summed E-state index contributed by atoms with van der Waals surface area (Å²) in [5.74, 6) is 0.623. The van der Waals surface area contributed by atoms with Gasteiger partial charge in [-0.15, -0.1) is 0 Å². The Morgan fingerprint density at radius 2 is 1.89 bits per heavy atom. The molecule has 5 heteroatoms. The molecule has 0 heterocycles. The average Bonchev–Trinajstić information content (AvgIpc) is 2.30. The van der Waals surface area contributed by atoms with Crippen molar-refractivity contribution in [3.63, 3.8) is 0 Å². The second-order valence-corrected chi connectivity index (χ2v) is 6.26. The number of ether oxygens (including phenoxy) is 1.